The number of likely N-dealkylation sites (tertiary alicyclic amines) is 2. The first-order chi connectivity index (χ1) is 35.1. The average Bonchev–Trinajstić information content (AvgIpc) is 4.00. The van der Waals surface area contributed by atoms with Gasteiger partial charge in [0, 0.05) is 74.6 Å². The summed E-state index contributed by atoms with van der Waals surface area (Å²) in [7, 11) is 0. The van der Waals surface area contributed by atoms with Gasteiger partial charge in [0.25, 0.3) is 0 Å². The molecule has 0 spiro atoms. The van der Waals surface area contributed by atoms with Crippen LogP contribution in [0, 0.1) is 18.3 Å². The Morgan fingerprint density at radius 3 is 2.23 bits per heavy atom. The first-order valence-electron chi connectivity index (χ1n) is 26.2. The van der Waals surface area contributed by atoms with E-state index < -0.39 is 23.6 Å². The number of nitrogens with one attached hydrogen (secondary N) is 2. The molecule has 3 aromatic heterocycles. The van der Waals surface area contributed by atoms with Gasteiger partial charge < -0.3 is 41.3 Å². The Kier molecular flexibility index (Phi) is 13.2. The maximum Gasteiger partial charge on any atom is 0.246 e. The van der Waals surface area contributed by atoms with Crippen molar-refractivity contribution in [2.75, 3.05) is 43.4 Å². The highest BCUT2D eigenvalue weighted by molar-refractivity contribution is 7.13. The minimum atomic E-state index is -0.853. The molecule has 11 rings (SSSR count). The number of β-amino-alcohol motifs (C(OH)–C–C–N with tert-alkyl or cyclic N) is 1. The molecule has 6 fully saturated rings. The van der Waals surface area contributed by atoms with Crippen LogP contribution in [0.2, 0.25) is 0 Å². The summed E-state index contributed by atoms with van der Waals surface area (Å²) in [5, 5.41) is 35.9. The molecule has 1 aliphatic carbocycles. The lowest BCUT2D eigenvalue weighted by molar-refractivity contribution is -0.216. The number of hydrogen-bond acceptors (Lipinski definition) is 15. The van der Waals surface area contributed by atoms with Crippen LogP contribution in [0.1, 0.15) is 107 Å². The smallest absolute Gasteiger partial charge is 0.246 e. The molecule has 17 nitrogen and oxygen atoms in total. The summed E-state index contributed by atoms with van der Waals surface area (Å²) in [6.07, 6.45) is 10.9. The summed E-state index contributed by atoms with van der Waals surface area (Å²) in [6, 6.07) is 16.6. The molecule has 384 valence electrons. The molecule has 73 heavy (non-hydrogen) atoms. The highest BCUT2D eigenvalue weighted by atomic mass is 32.1. The number of rotatable bonds is 12. The van der Waals surface area contributed by atoms with Crippen molar-refractivity contribution in [2.45, 2.75) is 140 Å². The number of phenolic OH excluding ortho intramolecular Hbond substituents is 1. The molecule has 5 atom stereocenters. The van der Waals surface area contributed by atoms with Gasteiger partial charge in [-0.3, -0.25) is 19.3 Å². The van der Waals surface area contributed by atoms with Crippen LogP contribution in [0.3, 0.4) is 0 Å². The minimum Gasteiger partial charge on any atom is -0.507 e. The fourth-order valence-corrected chi connectivity index (χ4v) is 13.8. The topological polar surface area (TPSA) is 219 Å². The average molecular weight is 1010 g/mol. The molecule has 1 saturated carbocycles. The number of phenols is 1. The Labute approximate surface area is 431 Å². The van der Waals surface area contributed by atoms with E-state index in [1.165, 1.54) is 10.5 Å². The fraction of sp³-hybridized carbons (Fsp3) is 0.527. The highest BCUT2D eigenvalue weighted by Gasteiger charge is 2.67. The van der Waals surface area contributed by atoms with Crippen LogP contribution in [0.15, 0.2) is 72.5 Å². The summed E-state index contributed by atoms with van der Waals surface area (Å²) < 4.78 is 0. The quantitative estimate of drug-likeness (QED) is 0.100. The Morgan fingerprint density at radius 1 is 0.877 bits per heavy atom. The van der Waals surface area contributed by atoms with Gasteiger partial charge in [0.05, 0.1) is 39.1 Å². The van der Waals surface area contributed by atoms with Crippen LogP contribution < -0.4 is 21.3 Å². The molecule has 2 aromatic carbocycles. The normalized spacial score (nSPS) is 26.9. The van der Waals surface area contributed by atoms with E-state index in [1.54, 1.807) is 23.5 Å². The second-order valence-corrected chi connectivity index (χ2v) is 23.5. The van der Waals surface area contributed by atoms with E-state index in [2.05, 4.69) is 52.9 Å². The lowest BCUT2D eigenvalue weighted by Crippen LogP contribution is -2.83. The van der Waals surface area contributed by atoms with E-state index in [-0.39, 0.29) is 54.4 Å². The highest BCUT2D eigenvalue weighted by Crippen LogP contribution is 2.59. The second kappa shape index (κ2) is 19.6. The first kappa shape index (κ1) is 49.1. The van der Waals surface area contributed by atoms with Crippen LogP contribution in [-0.4, -0.2) is 137 Å². The van der Waals surface area contributed by atoms with Gasteiger partial charge in [-0.05, 0) is 118 Å². The van der Waals surface area contributed by atoms with Crippen molar-refractivity contribution in [2.24, 2.45) is 11.3 Å². The molecular formula is C55H68N12O5S. The molecule has 8 heterocycles. The van der Waals surface area contributed by atoms with Crippen LogP contribution in [-0.2, 0) is 26.5 Å². The third kappa shape index (κ3) is 9.44. The Hall–Kier alpha value is -6.08. The molecule has 2 unspecified atom stereocenters. The molecule has 6 N–H and O–H groups in total. The molecular weight excluding hydrogens is 941 g/mol. The summed E-state index contributed by atoms with van der Waals surface area (Å²) in [6.45, 7) is 11.8. The van der Waals surface area contributed by atoms with Gasteiger partial charge in [-0.1, -0.05) is 57.2 Å². The summed E-state index contributed by atoms with van der Waals surface area (Å²) in [4.78, 5) is 66.5. The van der Waals surface area contributed by atoms with Crippen LogP contribution in [0.5, 0.6) is 5.75 Å². The molecule has 6 aliphatic rings. The predicted molar refractivity (Wildman–Crippen MR) is 279 cm³/mol. The van der Waals surface area contributed by atoms with Crippen LogP contribution >= 0.6 is 11.3 Å². The van der Waals surface area contributed by atoms with Crippen LogP contribution in [0.25, 0.3) is 21.7 Å². The van der Waals surface area contributed by atoms with E-state index in [4.69, 9.17) is 15.7 Å². The molecule has 5 saturated heterocycles. The fourth-order valence-electron chi connectivity index (χ4n) is 13.0. The number of carbonyl (C=O) groups is 3. The van der Waals surface area contributed by atoms with Crippen molar-refractivity contribution in [3.63, 3.8) is 0 Å². The van der Waals surface area contributed by atoms with E-state index in [0.29, 0.717) is 41.1 Å². The Balaban J connectivity index is 0.636. The number of aliphatic hydroxyl groups excluding tert-OH is 1. The van der Waals surface area contributed by atoms with Gasteiger partial charge >= 0.3 is 0 Å². The summed E-state index contributed by atoms with van der Waals surface area (Å²) >= 11 is 1.59. The number of thiazole rings is 1. The number of aromatic nitrogens is 5. The van der Waals surface area contributed by atoms with Crippen molar-refractivity contribution in [3.8, 4) is 27.4 Å². The molecule has 18 heteroatoms. The number of benzene rings is 2. The van der Waals surface area contributed by atoms with Crippen molar-refractivity contribution in [3.05, 3.63) is 95.1 Å². The number of para-hydroxylation sites is 1. The number of carbonyl (C=O) groups excluding carboxylic acids is 3. The molecule has 3 amide bonds. The maximum atomic E-state index is 14.3. The van der Waals surface area contributed by atoms with Crippen molar-refractivity contribution in [1.82, 2.24) is 50.5 Å². The van der Waals surface area contributed by atoms with E-state index in [9.17, 15) is 24.6 Å². The number of anilines is 2. The van der Waals surface area contributed by atoms with Crippen molar-refractivity contribution in [1.29, 1.82) is 0 Å². The van der Waals surface area contributed by atoms with E-state index in [1.807, 2.05) is 75.7 Å². The van der Waals surface area contributed by atoms with Gasteiger partial charge in [-0.15, -0.1) is 21.5 Å². The van der Waals surface area contributed by atoms with Gasteiger partial charge in [-0.2, -0.15) is 0 Å². The lowest BCUT2D eigenvalue weighted by Gasteiger charge is -2.72. The number of nitrogen functional groups attached to an aromatic ring is 1. The largest absolute Gasteiger partial charge is 0.507 e. The molecule has 5 aliphatic heterocycles. The van der Waals surface area contributed by atoms with E-state index in [0.717, 1.165) is 111 Å². The van der Waals surface area contributed by atoms with Gasteiger partial charge in [-0.25, -0.2) is 15.0 Å². The number of aliphatic hydroxyl groups is 1. The van der Waals surface area contributed by atoms with Gasteiger partial charge in [0.2, 0.25) is 17.7 Å². The monoisotopic (exact) mass is 1010 g/mol. The third-order valence-electron chi connectivity index (χ3n) is 17.0. The number of nitrogens with zero attached hydrogens (tertiary/aromatic N) is 9. The van der Waals surface area contributed by atoms with Gasteiger partial charge in [0.1, 0.15) is 23.7 Å². The number of piperidine rings is 2. The second-order valence-electron chi connectivity index (χ2n) is 22.6. The number of piperazine rings is 1. The number of hydrogen-bond donors (Lipinski definition) is 5. The number of nitrogens with two attached hydrogens (primary N) is 1. The zero-order valence-electron chi connectivity index (χ0n) is 42.3. The number of aromatic hydroxyl groups is 1. The van der Waals surface area contributed by atoms with Gasteiger partial charge in [0.15, 0.2) is 5.82 Å². The van der Waals surface area contributed by atoms with Crippen LogP contribution in [0.4, 0.5) is 11.5 Å². The lowest BCUT2D eigenvalue weighted by atomic mass is 9.62. The predicted octanol–water partition coefficient (Wildman–Crippen LogP) is 5.76. The standard InChI is InChI=1S/C55H68N12O5S/c1-32-47(73-31-60-32)35-11-9-33(10-12-35)25-57-51(71)45-21-41(68)30-66(45)52(72)48(54(2,3)4)61-50(70)36-13-15-38(16-14-36)64-19-17-34(18-20-64)37-26-58-53(59-27-37)55-23-39-28-65(29-40(24-55)67(39)55)44-22-43(62-63-49(44)56)42-7-5-6-8-46(42)69/h5-12,22,26-27,31,34,36,38-41,45,48,68-69H,13-21,23-25,28-30H2,1-4H3,(H2,56,63)(H,57,71)(H,61,70)/t36?,38?,39?,40?,41-,45-,48+,55?/m0/s1. The summed E-state index contributed by atoms with van der Waals surface area (Å²) in [5.41, 5.74) is 13.8. The maximum absolute atomic E-state index is 14.3. The summed E-state index contributed by atoms with van der Waals surface area (Å²) in [5.74, 6) is 0.929. The molecule has 0 bridgehead atoms. The van der Waals surface area contributed by atoms with Crippen molar-refractivity contribution < 1.29 is 24.6 Å². The molecule has 0 radical (unpaired) electrons. The zero-order chi connectivity index (χ0) is 50.8. The van der Waals surface area contributed by atoms with Crippen molar-refractivity contribution >= 4 is 40.6 Å². The Bertz CT molecular complexity index is 2820. The third-order valence-corrected chi connectivity index (χ3v) is 18.0. The SMILES string of the molecule is Cc1ncsc1-c1ccc(CNC(=O)[C@@H]2C[C@H](O)CN2C(=O)[C@@H](NC(=O)C2CCC(N3CCC(c4cnc(C56CC7CN(c8cc(-c9ccccc9O)nnc8N)CC(C5)N76)nc4)CC3)CC2)C(C)(C)C)cc1. The molecule has 5 aromatic rings. The minimum absolute atomic E-state index is 0.0394. The number of aryl methyl sites for hydroxylation is 1. The number of amides is 3. The zero-order valence-corrected chi connectivity index (χ0v) is 43.1. The van der Waals surface area contributed by atoms with E-state index >= 15 is 0 Å². The Morgan fingerprint density at radius 2 is 1.58 bits per heavy atom. The first-order valence-corrected chi connectivity index (χ1v) is 27.1.